The Morgan fingerprint density at radius 3 is 2.22 bits per heavy atom. The molecule has 0 unspecified atom stereocenters. The molecular formula is C16H28O2. The van der Waals surface area contributed by atoms with E-state index in [9.17, 15) is 4.79 Å². The van der Waals surface area contributed by atoms with Crippen LogP contribution in [-0.4, -0.2) is 12.6 Å². The summed E-state index contributed by atoms with van der Waals surface area (Å²) in [7, 11) is 0. The van der Waals surface area contributed by atoms with Gasteiger partial charge in [-0.15, -0.1) is 0 Å². The lowest BCUT2D eigenvalue weighted by molar-refractivity contribution is -0.137. The summed E-state index contributed by atoms with van der Waals surface area (Å²) >= 11 is 0. The van der Waals surface area contributed by atoms with Crippen LogP contribution in [0.25, 0.3) is 0 Å². The van der Waals surface area contributed by atoms with E-state index in [1.165, 1.54) is 44.6 Å². The van der Waals surface area contributed by atoms with Gasteiger partial charge in [-0.1, -0.05) is 51.3 Å². The summed E-state index contributed by atoms with van der Waals surface area (Å²) in [5.74, 6) is -0.322. The van der Waals surface area contributed by atoms with Crippen LogP contribution >= 0.6 is 0 Å². The van der Waals surface area contributed by atoms with Gasteiger partial charge in [-0.2, -0.15) is 0 Å². The lowest BCUT2D eigenvalue weighted by atomic mass is 10.1. The van der Waals surface area contributed by atoms with Gasteiger partial charge in [0.15, 0.2) is 0 Å². The van der Waals surface area contributed by atoms with Gasteiger partial charge in [0.1, 0.15) is 0 Å². The Hall–Kier alpha value is -1.05. The van der Waals surface area contributed by atoms with Crippen LogP contribution in [0, 0.1) is 0 Å². The van der Waals surface area contributed by atoms with Gasteiger partial charge < -0.3 is 4.74 Å². The van der Waals surface area contributed by atoms with Gasteiger partial charge in [0.2, 0.25) is 0 Å². The molecule has 0 spiro atoms. The zero-order chi connectivity index (χ0) is 13.5. The Labute approximate surface area is 112 Å². The number of carbonyl (C=O) groups is 1. The van der Waals surface area contributed by atoms with E-state index in [1.54, 1.807) is 0 Å². The molecule has 0 aliphatic rings. The first-order chi connectivity index (χ1) is 8.81. The normalized spacial score (nSPS) is 10.7. The maximum absolute atomic E-state index is 10.7. The molecule has 0 fully saturated rings. The van der Waals surface area contributed by atoms with Crippen molar-refractivity contribution in [2.24, 2.45) is 0 Å². The smallest absolute Gasteiger partial charge is 0.330 e. The van der Waals surface area contributed by atoms with Crippen molar-refractivity contribution in [2.45, 2.75) is 64.7 Å². The van der Waals surface area contributed by atoms with Gasteiger partial charge in [-0.05, 0) is 32.1 Å². The van der Waals surface area contributed by atoms with Gasteiger partial charge in [0.25, 0.3) is 0 Å². The Balaban J connectivity index is 3.13. The molecule has 0 aromatic heterocycles. The highest BCUT2D eigenvalue weighted by atomic mass is 16.5. The molecule has 0 aromatic carbocycles. The molecular weight excluding hydrogens is 224 g/mol. The second kappa shape index (κ2) is 14.0. The maximum atomic E-state index is 10.7. The molecule has 0 saturated heterocycles. The van der Waals surface area contributed by atoms with Crippen LogP contribution in [0.15, 0.2) is 24.8 Å². The van der Waals surface area contributed by atoms with E-state index in [2.05, 4.69) is 25.7 Å². The summed E-state index contributed by atoms with van der Waals surface area (Å²) in [4.78, 5) is 10.7. The summed E-state index contributed by atoms with van der Waals surface area (Å²) < 4.78 is 4.89. The monoisotopic (exact) mass is 252 g/mol. The van der Waals surface area contributed by atoms with Crippen molar-refractivity contribution in [3.8, 4) is 0 Å². The predicted octanol–water partition coefficient (Wildman–Crippen LogP) is 4.80. The fourth-order valence-electron chi connectivity index (χ4n) is 1.70. The van der Waals surface area contributed by atoms with Crippen LogP contribution in [0.2, 0.25) is 0 Å². The minimum absolute atomic E-state index is 0.322. The van der Waals surface area contributed by atoms with E-state index in [1.807, 2.05) is 0 Å². The lowest BCUT2D eigenvalue weighted by Gasteiger charge is -2.00. The summed E-state index contributed by atoms with van der Waals surface area (Å²) in [6.07, 6.45) is 16.8. The zero-order valence-corrected chi connectivity index (χ0v) is 11.8. The van der Waals surface area contributed by atoms with Crippen LogP contribution in [0.4, 0.5) is 0 Å². The van der Waals surface area contributed by atoms with E-state index in [-0.39, 0.29) is 5.97 Å². The molecule has 2 nitrogen and oxygen atoms in total. The fourth-order valence-corrected chi connectivity index (χ4v) is 1.70. The van der Waals surface area contributed by atoms with Crippen LogP contribution in [-0.2, 0) is 9.53 Å². The van der Waals surface area contributed by atoms with Crippen molar-refractivity contribution in [2.75, 3.05) is 6.61 Å². The molecule has 0 amide bonds. The Morgan fingerprint density at radius 2 is 1.61 bits per heavy atom. The van der Waals surface area contributed by atoms with Crippen molar-refractivity contribution in [1.82, 2.24) is 0 Å². The number of ether oxygens (including phenoxy) is 1. The van der Waals surface area contributed by atoms with E-state index in [4.69, 9.17) is 4.74 Å². The second-order valence-corrected chi connectivity index (χ2v) is 4.54. The molecule has 0 aliphatic heterocycles. The second-order valence-electron chi connectivity index (χ2n) is 4.54. The molecule has 2 heteroatoms. The first kappa shape index (κ1) is 16.9. The molecule has 0 atom stereocenters. The highest BCUT2D eigenvalue weighted by Gasteiger charge is 1.93. The van der Waals surface area contributed by atoms with Crippen LogP contribution < -0.4 is 0 Å². The van der Waals surface area contributed by atoms with Crippen molar-refractivity contribution < 1.29 is 9.53 Å². The molecule has 0 bridgehead atoms. The van der Waals surface area contributed by atoms with Crippen molar-refractivity contribution in [3.05, 3.63) is 24.8 Å². The number of esters is 1. The third-order valence-electron chi connectivity index (χ3n) is 2.82. The molecule has 0 rings (SSSR count). The Morgan fingerprint density at radius 1 is 1.00 bits per heavy atom. The highest BCUT2D eigenvalue weighted by molar-refractivity contribution is 5.81. The summed E-state index contributed by atoms with van der Waals surface area (Å²) in [5.41, 5.74) is 0. The quantitative estimate of drug-likeness (QED) is 0.216. The van der Waals surface area contributed by atoms with Gasteiger partial charge in [0, 0.05) is 6.08 Å². The average molecular weight is 252 g/mol. The van der Waals surface area contributed by atoms with Crippen molar-refractivity contribution in [1.29, 1.82) is 0 Å². The van der Waals surface area contributed by atoms with Gasteiger partial charge in [-0.3, -0.25) is 0 Å². The minimum Gasteiger partial charge on any atom is -0.463 e. The Kier molecular flexibility index (Phi) is 13.2. The number of carbonyl (C=O) groups excluding carboxylic acids is 1. The topological polar surface area (TPSA) is 26.3 Å². The molecule has 104 valence electrons. The molecule has 0 N–H and O–H groups in total. The van der Waals surface area contributed by atoms with E-state index in [0.29, 0.717) is 6.61 Å². The molecule has 0 aliphatic carbocycles. The number of hydrogen-bond acceptors (Lipinski definition) is 2. The molecule has 18 heavy (non-hydrogen) atoms. The average Bonchev–Trinajstić information content (AvgIpc) is 2.39. The first-order valence-electron chi connectivity index (χ1n) is 7.25. The van der Waals surface area contributed by atoms with Gasteiger partial charge in [0.05, 0.1) is 6.61 Å². The molecule has 0 radical (unpaired) electrons. The molecule has 0 saturated carbocycles. The number of hydrogen-bond donors (Lipinski definition) is 0. The first-order valence-corrected chi connectivity index (χ1v) is 7.25. The number of unbranched alkanes of at least 4 members (excludes halogenated alkanes) is 7. The Bertz CT molecular complexity index is 231. The summed E-state index contributed by atoms with van der Waals surface area (Å²) in [5, 5.41) is 0. The minimum atomic E-state index is -0.322. The maximum Gasteiger partial charge on any atom is 0.330 e. The van der Waals surface area contributed by atoms with E-state index >= 15 is 0 Å². The molecule has 0 heterocycles. The van der Waals surface area contributed by atoms with E-state index < -0.39 is 0 Å². The van der Waals surface area contributed by atoms with Gasteiger partial charge >= 0.3 is 5.97 Å². The zero-order valence-electron chi connectivity index (χ0n) is 11.8. The highest BCUT2D eigenvalue weighted by Crippen LogP contribution is 2.06. The third-order valence-corrected chi connectivity index (χ3v) is 2.82. The van der Waals surface area contributed by atoms with Crippen molar-refractivity contribution in [3.63, 3.8) is 0 Å². The van der Waals surface area contributed by atoms with Crippen LogP contribution in [0.3, 0.4) is 0 Å². The fraction of sp³-hybridized carbons (Fsp3) is 0.688. The summed E-state index contributed by atoms with van der Waals surface area (Å²) in [6, 6.07) is 0. The summed E-state index contributed by atoms with van der Waals surface area (Å²) in [6.45, 7) is 6.10. The largest absolute Gasteiger partial charge is 0.463 e. The SMILES string of the molecule is C=CC(=O)OCCCC/C=C/CCCCCCC. The van der Waals surface area contributed by atoms with Crippen LogP contribution in [0.1, 0.15) is 64.7 Å². The number of rotatable bonds is 12. The lowest BCUT2D eigenvalue weighted by Crippen LogP contribution is -2.01. The number of allylic oxidation sites excluding steroid dienone is 2. The van der Waals surface area contributed by atoms with E-state index in [0.717, 1.165) is 19.3 Å². The third kappa shape index (κ3) is 13.0. The standard InChI is InChI=1S/C16H28O2/c1-3-5-6-7-8-9-10-11-12-13-14-15-18-16(17)4-2/h4,10-11H,2-3,5-9,12-15H2,1H3/b11-10+. The van der Waals surface area contributed by atoms with Crippen LogP contribution in [0.5, 0.6) is 0 Å². The molecule has 0 aromatic rings. The van der Waals surface area contributed by atoms with Gasteiger partial charge in [-0.25, -0.2) is 4.79 Å². The predicted molar refractivity (Wildman–Crippen MR) is 77.5 cm³/mol. The van der Waals surface area contributed by atoms with Crippen molar-refractivity contribution >= 4 is 5.97 Å².